The Bertz CT molecular complexity index is 1410. The van der Waals surface area contributed by atoms with E-state index in [2.05, 4.69) is 0 Å². The summed E-state index contributed by atoms with van der Waals surface area (Å²) in [5.74, 6) is -1.74. The molecule has 1 aromatic heterocycles. The lowest BCUT2D eigenvalue weighted by Gasteiger charge is -2.26. The van der Waals surface area contributed by atoms with Crippen LogP contribution in [0, 0.1) is 0 Å². The van der Waals surface area contributed by atoms with Crippen LogP contribution in [0.5, 0.6) is 5.75 Å². The number of hydrogen-bond donors (Lipinski definition) is 2. The van der Waals surface area contributed by atoms with Gasteiger partial charge in [0, 0.05) is 12.0 Å². The summed E-state index contributed by atoms with van der Waals surface area (Å²) in [7, 11) is 0. The van der Waals surface area contributed by atoms with E-state index >= 15 is 0 Å². The second-order valence-corrected chi connectivity index (χ2v) is 7.51. The molecular weight excluding hydrogens is 392 g/mol. The van der Waals surface area contributed by atoms with Crippen LogP contribution in [0.15, 0.2) is 93.6 Å². The van der Waals surface area contributed by atoms with Crippen LogP contribution in [0.1, 0.15) is 28.2 Å². The molecule has 2 N–H and O–H groups in total. The normalized spacial score (nSPS) is 14.5. The van der Waals surface area contributed by atoms with Crippen molar-refractivity contribution >= 4 is 22.5 Å². The van der Waals surface area contributed by atoms with Gasteiger partial charge in [0.1, 0.15) is 17.1 Å². The molecule has 0 radical (unpaired) electrons. The van der Waals surface area contributed by atoms with E-state index < -0.39 is 11.5 Å². The maximum absolute atomic E-state index is 13.2. The summed E-state index contributed by atoms with van der Waals surface area (Å²) in [6.07, 6.45) is 0.0958. The van der Waals surface area contributed by atoms with E-state index in [4.69, 9.17) is 4.42 Å². The molecule has 4 aromatic rings. The van der Waals surface area contributed by atoms with Crippen molar-refractivity contribution in [1.82, 2.24) is 0 Å². The third kappa shape index (κ3) is 3.02. The van der Waals surface area contributed by atoms with Gasteiger partial charge in [-0.3, -0.25) is 4.79 Å². The Kier molecular flexibility index (Phi) is 4.44. The number of carbonyl (C=O) groups is 1. The van der Waals surface area contributed by atoms with Gasteiger partial charge in [-0.25, -0.2) is 4.79 Å². The van der Waals surface area contributed by atoms with Crippen LogP contribution in [0.25, 0.3) is 16.7 Å². The summed E-state index contributed by atoms with van der Waals surface area (Å²) >= 11 is 0. The zero-order chi connectivity index (χ0) is 21.5. The van der Waals surface area contributed by atoms with Gasteiger partial charge < -0.3 is 14.6 Å². The van der Waals surface area contributed by atoms with Gasteiger partial charge in [-0.2, -0.15) is 0 Å². The summed E-state index contributed by atoms with van der Waals surface area (Å²) in [5.41, 5.74) is 1.35. The zero-order valence-electron chi connectivity index (χ0n) is 16.4. The lowest BCUT2D eigenvalue weighted by molar-refractivity contribution is -0.115. The van der Waals surface area contributed by atoms with Crippen LogP contribution in [-0.4, -0.2) is 16.0 Å². The van der Waals surface area contributed by atoms with E-state index in [1.54, 1.807) is 66.7 Å². The van der Waals surface area contributed by atoms with E-state index in [-0.39, 0.29) is 40.4 Å². The van der Waals surface area contributed by atoms with Crippen molar-refractivity contribution in [2.45, 2.75) is 12.3 Å². The fourth-order valence-electron chi connectivity index (χ4n) is 4.27. The molecular formula is C26H18O5. The minimum Gasteiger partial charge on any atom is -0.507 e. The molecule has 3 aromatic carbocycles. The number of para-hydroxylation sites is 1. The van der Waals surface area contributed by atoms with Gasteiger partial charge in [0.25, 0.3) is 0 Å². The van der Waals surface area contributed by atoms with E-state index in [1.807, 2.05) is 12.1 Å². The van der Waals surface area contributed by atoms with Crippen LogP contribution in [0.3, 0.4) is 0 Å². The Balaban J connectivity index is 1.85. The van der Waals surface area contributed by atoms with Crippen LogP contribution in [-0.2, 0) is 11.2 Å². The number of Topliss-reactive ketones (excluding diaryl/α,β-unsaturated/α-hetero) is 1. The van der Waals surface area contributed by atoms with Gasteiger partial charge in [-0.15, -0.1) is 0 Å². The third-order valence-corrected chi connectivity index (χ3v) is 5.71. The number of aromatic hydroxyl groups is 1. The smallest absolute Gasteiger partial charge is 0.344 e. The number of aliphatic hydroxyl groups is 1. The molecule has 1 atom stereocenters. The number of rotatable bonds is 3. The molecule has 5 rings (SSSR count). The number of allylic oxidation sites excluding steroid dienone is 1. The van der Waals surface area contributed by atoms with E-state index in [9.17, 15) is 19.8 Å². The fraction of sp³-hybridized carbons (Fsp3) is 0.0769. The van der Waals surface area contributed by atoms with Crippen molar-refractivity contribution in [3.63, 3.8) is 0 Å². The number of aliphatic hydroxyl groups excluding tert-OH is 1. The highest BCUT2D eigenvalue weighted by Crippen LogP contribution is 2.43. The highest BCUT2D eigenvalue weighted by Gasteiger charge is 2.36. The van der Waals surface area contributed by atoms with Crippen molar-refractivity contribution in [2.75, 3.05) is 0 Å². The van der Waals surface area contributed by atoms with Crippen molar-refractivity contribution in [1.29, 1.82) is 0 Å². The monoisotopic (exact) mass is 410 g/mol. The number of hydrogen-bond acceptors (Lipinski definition) is 5. The predicted molar refractivity (Wildman–Crippen MR) is 117 cm³/mol. The first-order valence-electron chi connectivity index (χ1n) is 9.90. The first-order chi connectivity index (χ1) is 15.1. The van der Waals surface area contributed by atoms with Crippen molar-refractivity contribution in [3.05, 3.63) is 117 Å². The highest BCUT2D eigenvalue weighted by atomic mass is 16.4. The molecule has 5 nitrogen and oxygen atoms in total. The molecule has 1 aliphatic carbocycles. The van der Waals surface area contributed by atoms with Gasteiger partial charge in [0.05, 0.1) is 22.4 Å². The maximum atomic E-state index is 13.2. The molecule has 1 aliphatic rings. The van der Waals surface area contributed by atoms with Gasteiger partial charge in [0.15, 0.2) is 5.78 Å². The second kappa shape index (κ2) is 7.29. The first kappa shape index (κ1) is 18.9. The minimum atomic E-state index is -0.983. The number of ketones is 1. The number of fused-ring (bicyclic) bond motifs is 2. The molecule has 0 amide bonds. The Labute approximate surface area is 177 Å². The quantitative estimate of drug-likeness (QED) is 0.477. The summed E-state index contributed by atoms with van der Waals surface area (Å²) in [4.78, 5) is 26.2. The van der Waals surface area contributed by atoms with Crippen LogP contribution >= 0.6 is 0 Å². The predicted octanol–water partition coefficient (Wildman–Crippen LogP) is 4.73. The van der Waals surface area contributed by atoms with Crippen LogP contribution < -0.4 is 5.63 Å². The van der Waals surface area contributed by atoms with Crippen molar-refractivity contribution in [3.8, 4) is 5.75 Å². The number of benzene rings is 3. The molecule has 0 saturated carbocycles. The molecule has 1 heterocycles. The average Bonchev–Trinajstić information content (AvgIpc) is 2.78. The van der Waals surface area contributed by atoms with Crippen LogP contribution in [0.2, 0.25) is 0 Å². The third-order valence-electron chi connectivity index (χ3n) is 5.71. The lowest BCUT2D eigenvalue weighted by Crippen LogP contribution is -2.25. The lowest BCUT2D eigenvalue weighted by atomic mass is 9.77. The van der Waals surface area contributed by atoms with Gasteiger partial charge in [-0.1, -0.05) is 66.7 Å². The Morgan fingerprint density at radius 2 is 1.48 bits per heavy atom. The molecule has 5 heteroatoms. The SMILES string of the molecule is O=C1Cc2ccccc2C(O)=C1C(c1ccccc1)c1c(O)c2ccccc2oc1=O. The standard InChI is InChI=1S/C26H18O5/c27-19-14-16-10-4-5-11-17(16)24(28)22(19)21(15-8-2-1-3-9-15)23-25(29)18-12-6-7-13-20(18)31-26(23)30/h1-13,21,28-29H,14H2. The second-order valence-electron chi connectivity index (χ2n) is 7.51. The molecule has 0 fully saturated rings. The number of carbonyl (C=O) groups excluding carboxylic acids is 1. The van der Waals surface area contributed by atoms with Crippen molar-refractivity contribution < 1.29 is 19.4 Å². The topological polar surface area (TPSA) is 87.7 Å². The Morgan fingerprint density at radius 1 is 0.806 bits per heavy atom. The van der Waals surface area contributed by atoms with Gasteiger partial charge in [-0.05, 0) is 23.3 Å². The summed E-state index contributed by atoms with van der Waals surface area (Å²) in [6, 6.07) is 22.7. The fourth-order valence-corrected chi connectivity index (χ4v) is 4.27. The molecule has 0 bridgehead atoms. The Morgan fingerprint density at radius 3 is 2.29 bits per heavy atom. The van der Waals surface area contributed by atoms with E-state index in [1.165, 1.54) is 0 Å². The summed E-state index contributed by atoms with van der Waals surface area (Å²) in [6.45, 7) is 0. The molecule has 31 heavy (non-hydrogen) atoms. The van der Waals surface area contributed by atoms with Crippen LogP contribution in [0.4, 0.5) is 0 Å². The highest BCUT2D eigenvalue weighted by molar-refractivity contribution is 6.07. The van der Waals surface area contributed by atoms with E-state index in [0.717, 1.165) is 5.56 Å². The Hall–Kier alpha value is -4.12. The average molecular weight is 410 g/mol. The summed E-state index contributed by atoms with van der Waals surface area (Å²) < 4.78 is 5.48. The maximum Gasteiger partial charge on any atom is 0.344 e. The molecule has 0 aliphatic heterocycles. The molecule has 0 spiro atoms. The van der Waals surface area contributed by atoms with Gasteiger partial charge >= 0.3 is 5.63 Å². The first-order valence-corrected chi connectivity index (χ1v) is 9.90. The van der Waals surface area contributed by atoms with E-state index in [0.29, 0.717) is 16.5 Å². The van der Waals surface area contributed by atoms with Gasteiger partial charge in [0.2, 0.25) is 0 Å². The largest absolute Gasteiger partial charge is 0.507 e. The molecule has 152 valence electrons. The summed E-state index contributed by atoms with van der Waals surface area (Å²) in [5, 5.41) is 22.6. The zero-order valence-corrected chi connectivity index (χ0v) is 16.4. The minimum absolute atomic E-state index is 0.0702. The van der Waals surface area contributed by atoms with Crippen molar-refractivity contribution in [2.24, 2.45) is 0 Å². The molecule has 1 unspecified atom stereocenters. The molecule has 0 saturated heterocycles.